The Morgan fingerprint density at radius 1 is 1.53 bits per heavy atom. The Morgan fingerprint density at radius 3 is 2.76 bits per heavy atom. The molecule has 0 radical (unpaired) electrons. The number of alkyl halides is 2. The van der Waals surface area contributed by atoms with Crippen molar-refractivity contribution in [2.45, 2.75) is 6.43 Å². The third kappa shape index (κ3) is 3.38. The zero-order valence-electron chi connectivity index (χ0n) is 9.31. The van der Waals surface area contributed by atoms with Crippen LogP contribution in [0, 0.1) is 0 Å². The largest absolute Gasteiger partial charge is 0.490 e. The van der Waals surface area contributed by atoms with Crippen LogP contribution in [0.2, 0.25) is 0 Å². The van der Waals surface area contributed by atoms with Gasteiger partial charge < -0.3 is 20.5 Å². The fraction of sp³-hybridized carbons (Fsp3) is 0.556. The van der Waals surface area contributed by atoms with Crippen LogP contribution in [0.4, 0.5) is 20.4 Å². The lowest BCUT2D eigenvalue weighted by Crippen LogP contribution is -2.32. The quantitative estimate of drug-likeness (QED) is 0.744. The maximum Gasteiger partial charge on any atom is 0.255 e. The number of anilines is 2. The van der Waals surface area contributed by atoms with Gasteiger partial charge in [0.05, 0.1) is 20.3 Å². The van der Waals surface area contributed by atoms with Gasteiger partial charge in [-0.15, -0.1) is 0 Å². The summed E-state index contributed by atoms with van der Waals surface area (Å²) < 4.78 is 29.7. The predicted octanol–water partition coefficient (Wildman–Crippen LogP) is 0.131. The minimum atomic E-state index is -2.55. The second kappa shape index (κ2) is 6.14. The Labute approximate surface area is 97.0 Å². The molecule has 0 amide bonds. The van der Waals surface area contributed by atoms with Crippen molar-refractivity contribution in [2.75, 3.05) is 37.4 Å². The molecular formula is C9H14F2N4O2. The van der Waals surface area contributed by atoms with Crippen LogP contribution in [0.15, 0.2) is 6.33 Å². The smallest absolute Gasteiger partial charge is 0.255 e. The molecule has 1 rings (SSSR count). The van der Waals surface area contributed by atoms with Gasteiger partial charge in [0.25, 0.3) is 6.43 Å². The van der Waals surface area contributed by atoms with Gasteiger partial charge in [0.2, 0.25) is 5.75 Å². The number of aliphatic hydroxyl groups is 1. The number of nitrogen functional groups attached to an aromatic ring is 1. The summed E-state index contributed by atoms with van der Waals surface area (Å²) in [7, 11) is 1.35. The van der Waals surface area contributed by atoms with Crippen molar-refractivity contribution in [3.8, 4) is 5.75 Å². The van der Waals surface area contributed by atoms with Crippen LogP contribution in [0.5, 0.6) is 5.75 Å². The van der Waals surface area contributed by atoms with E-state index in [0.717, 1.165) is 6.33 Å². The average molecular weight is 248 g/mol. The van der Waals surface area contributed by atoms with E-state index in [4.69, 9.17) is 15.6 Å². The lowest BCUT2D eigenvalue weighted by Gasteiger charge is -2.24. The summed E-state index contributed by atoms with van der Waals surface area (Å²) in [5, 5.41) is 8.84. The molecule has 6 nitrogen and oxygen atoms in total. The number of hydrogen-bond acceptors (Lipinski definition) is 6. The first-order chi connectivity index (χ1) is 8.10. The van der Waals surface area contributed by atoms with Gasteiger partial charge >= 0.3 is 0 Å². The Morgan fingerprint density at radius 2 is 2.24 bits per heavy atom. The number of ether oxygens (including phenoxy) is 1. The van der Waals surface area contributed by atoms with Gasteiger partial charge in [-0.2, -0.15) is 0 Å². The molecule has 0 saturated carbocycles. The summed E-state index contributed by atoms with van der Waals surface area (Å²) >= 11 is 0. The minimum absolute atomic E-state index is 0.0111. The highest BCUT2D eigenvalue weighted by molar-refractivity contribution is 5.62. The number of rotatable bonds is 6. The van der Waals surface area contributed by atoms with Gasteiger partial charge in [0.1, 0.15) is 6.33 Å². The molecule has 0 aromatic carbocycles. The minimum Gasteiger partial charge on any atom is -0.490 e. The van der Waals surface area contributed by atoms with E-state index in [-0.39, 0.29) is 30.5 Å². The Balaban J connectivity index is 3.04. The molecule has 3 N–H and O–H groups in total. The maximum atomic E-state index is 12.4. The fourth-order valence-electron chi connectivity index (χ4n) is 1.37. The van der Waals surface area contributed by atoms with E-state index in [0.29, 0.717) is 0 Å². The molecule has 0 atom stereocenters. The predicted molar refractivity (Wildman–Crippen MR) is 58.3 cm³/mol. The summed E-state index contributed by atoms with van der Waals surface area (Å²) in [5.74, 6) is 0.339. The number of hydrogen-bond donors (Lipinski definition) is 2. The first kappa shape index (κ1) is 13.4. The summed E-state index contributed by atoms with van der Waals surface area (Å²) in [6, 6.07) is 0. The fourth-order valence-corrected chi connectivity index (χ4v) is 1.37. The highest BCUT2D eigenvalue weighted by atomic mass is 19.3. The molecule has 96 valence electrons. The molecule has 0 fully saturated rings. The second-order valence-corrected chi connectivity index (χ2v) is 3.18. The third-order valence-corrected chi connectivity index (χ3v) is 2.04. The highest BCUT2D eigenvalue weighted by Crippen LogP contribution is 2.29. The Bertz CT molecular complexity index is 365. The van der Waals surface area contributed by atoms with Crippen LogP contribution in [0.1, 0.15) is 0 Å². The average Bonchev–Trinajstić information content (AvgIpc) is 2.27. The normalized spacial score (nSPS) is 10.6. The van der Waals surface area contributed by atoms with Crippen LogP contribution >= 0.6 is 0 Å². The maximum absolute atomic E-state index is 12.4. The monoisotopic (exact) mass is 248 g/mol. The van der Waals surface area contributed by atoms with Gasteiger partial charge in [-0.05, 0) is 0 Å². The van der Waals surface area contributed by atoms with Gasteiger partial charge in [0.15, 0.2) is 11.6 Å². The third-order valence-electron chi connectivity index (χ3n) is 2.04. The molecule has 0 spiro atoms. The highest BCUT2D eigenvalue weighted by Gasteiger charge is 2.19. The molecule has 0 aliphatic heterocycles. The summed E-state index contributed by atoms with van der Waals surface area (Å²) in [5.41, 5.74) is 5.54. The first-order valence-corrected chi connectivity index (χ1v) is 4.88. The molecular weight excluding hydrogens is 234 g/mol. The van der Waals surface area contributed by atoms with Crippen LogP contribution in [-0.4, -0.2) is 48.3 Å². The van der Waals surface area contributed by atoms with Crippen molar-refractivity contribution in [3.63, 3.8) is 0 Å². The number of halogens is 2. The van der Waals surface area contributed by atoms with Crippen molar-refractivity contribution in [1.82, 2.24) is 9.97 Å². The van der Waals surface area contributed by atoms with Gasteiger partial charge in [-0.3, -0.25) is 0 Å². The Hall–Kier alpha value is -1.70. The van der Waals surface area contributed by atoms with E-state index in [1.165, 1.54) is 12.0 Å². The second-order valence-electron chi connectivity index (χ2n) is 3.18. The number of aliphatic hydroxyl groups excluding tert-OH is 1. The molecule has 1 aromatic rings. The molecule has 0 unspecified atom stereocenters. The van der Waals surface area contributed by atoms with E-state index < -0.39 is 13.0 Å². The number of nitrogens with two attached hydrogens (primary N) is 1. The van der Waals surface area contributed by atoms with Crippen LogP contribution in [0.25, 0.3) is 0 Å². The van der Waals surface area contributed by atoms with Crippen molar-refractivity contribution < 1.29 is 18.6 Å². The van der Waals surface area contributed by atoms with Crippen LogP contribution in [0.3, 0.4) is 0 Å². The topological polar surface area (TPSA) is 84.5 Å². The van der Waals surface area contributed by atoms with E-state index in [1.807, 2.05) is 0 Å². The van der Waals surface area contributed by atoms with Gasteiger partial charge in [-0.1, -0.05) is 0 Å². The molecule has 0 aliphatic carbocycles. The standard InChI is InChI=1S/C9H14F2N4O2/c1-17-7-8(12)13-5-14-9(7)15(2-3-16)4-6(10)11/h5-6,16H,2-4H2,1H3,(H2,12,13,14). The zero-order valence-corrected chi connectivity index (χ0v) is 9.31. The molecule has 1 aromatic heterocycles. The lowest BCUT2D eigenvalue weighted by atomic mass is 10.4. The van der Waals surface area contributed by atoms with Gasteiger partial charge in [0, 0.05) is 6.54 Å². The van der Waals surface area contributed by atoms with E-state index in [9.17, 15) is 8.78 Å². The molecule has 1 heterocycles. The van der Waals surface area contributed by atoms with Crippen molar-refractivity contribution >= 4 is 11.6 Å². The SMILES string of the molecule is COc1c(N)ncnc1N(CCO)CC(F)F. The van der Waals surface area contributed by atoms with Crippen molar-refractivity contribution in [1.29, 1.82) is 0 Å². The van der Waals surface area contributed by atoms with E-state index >= 15 is 0 Å². The van der Waals surface area contributed by atoms with Crippen molar-refractivity contribution in [2.24, 2.45) is 0 Å². The molecule has 17 heavy (non-hydrogen) atoms. The van der Waals surface area contributed by atoms with E-state index in [2.05, 4.69) is 9.97 Å². The number of nitrogens with zero attached hydrogens (tertiary/aromatic N) is 3. The number of aromatic nitrogens is 2. The zero-order chi connectivity index (χ0) is 12.8. The van der Waals surface area contributed by atoms with Gasteiger partial charge in [-0.25, -0.2) is 18.7 Å². The van der Waals surface area contributed by atoms with E-state index in [1.54, 1.807) is 0 Å². The molecule has 0 bridgehead atoms. The van der Waals surface area contributed by atoms with Crippen molar-refractivity contribution in [3.05, 3.63) is 6.33 Å². The summed E-state index contributed by atoms with van der Waals surface area (Å²) in [6.07, 6.45) is -1.40. The molecule has 0 saturated heterocycles. The van der Waals surface area contributed by atoms with Crippen LogP contribution in [-0.2, 0) is 0 Å². The lowest BCUT2D eigenvalue weighted by molar-refractivity contribution is 0.152. The molecule has 8 heteroatoms. The summed E-state index contributed by atoms with van der Waals surface area (Å²) in [4.78, 5) is 8.74. The first-order valence-electron chi connectivity index (χ1n) is 4.88. The number of methoxy groups -OCH3 is 1. The van der Waals surface area contributed by atoms with Crippen LogP contribution < -0.4 is 15.4 Å². The Kier molecular flexibility index (Phi) is 4.83. The summed E-state index contributed by atoms with van der Waals surface area (Å²) in [6.45, 7) is -0.829. The molecule has 0 aliphatic rings.